The first-order valence-corrected chi connectivity index (χ1v) is 10.2. The fourth-order valence-corrected chi connectivity index (χ4v) is 2.95. The quantitative estimate of drug-likeness (QED) is 0.271. The van der Waals surface area contributed by atoms with Crippen LogP contribution in [0.4, 0.5) is 17.2 Å². The fraction of sp³-hybridized carbons (Fsp3) is 0.0476. The number of ether oxygens (including phenoxy) is 1. The zero-order valence-electron chi connectivity index (χ0n) is 15.5. The number of para-hydroxylation sites is 2. The lowest BCUT2D eigenvalue weighted by Gasteiger charge is -2.13. The molecule has 0 spiro atoms. The Morgan fingerprint density at radius 1 is 1.31 bits per heavy atom. The van der Waals surface area contributed by atoms with Gasteiger partial charge in [-0.2, -0.15) is 0 Å². The first kappa shape index (κ1) is 21.9. The molecule has 0 saturated carbocycles. The van der Waals surface area contributed by atoms with E-state index in [0.29, 0.717) is 28.0 Å². The van der Waals surface area contributed by atoms with Crippen molar-refractivity contribution < 1.29 is 13.2 Å². The van der Waals surface area contributed by atoms with Crippen molar-refractivity contribution in [3.05, 3.63) is 83.3 Å². The molecule has 0 fully saturated rings. The van der Waals surface area contributed by atoms with Gasteiger partial charge in [0, 0.05) is 23.4 Å². The Hall–Kier alpha value is -3.43. The van der Waals surface area contributed by atoms with Gasteiger partial charge < -0.3 is 10.1 Å². The van der Waals surface area contributed by atoms with Crippen LogP contribution in [0.1, 0.15) is 6.92 Å². The van der Waals surface area contributed by atoms with Crippen molar-refractivity contribution in [3.8, 4) is 18.1 Å². The summed E-state index contributed by atoms with van der Waals surface area (Å²) in [6.07, 6.45) is 10.2. The maximum absolute atomic E-state index is 12.0. The minimum atomic E-state index is -3.72. The number of hydrogen-bond acceptors (Lipinski definition) is 5. The molecule has 0 amide bonds. The van der Waals surface area contributed by atoms with Crippen LogP contribution in [0.25, 0.3) is 0 Å². The minimum Gasteiger partial charge on any atom is -0.448 e. The molecule has 2 aromatic rings. The van der Waals surface area contributed by atoms with E-state index in [1.54, 1.807) is 49.4 Å². The number of nitrogens with zero attached hydrogens (tertiary/aromatic N) is 1. The van der Waals surface area contributed by atoms with Gasteiger partial charge in [0.1, 0.15) is 11.6 Å². The Morgan fingerprint density at radius 3 is 2.69 bits per heavy atom. The summed E-state index contributed by atoms with van der Waals surface area (Å²) in [5, 5.41) is 4.34. The topological polar surface area (TPSA) is 80.3 Å². The minimum absolute atomic E-state index is 0.231. The molecule has 29 heavy (non-hydrogen) atoms. The monoisotopic (exact) mass is 427 g/mol. The maximum atomic E-state index is 12.0. The summed E-state index contributed by atoms with van der Waals surface area (Å²) >= 11 is 5.95. The molecule has 0 aliphatic rings. The van der Waals surface area contributed by atoms with Crippen molar-refractivity contribution >= 4 is 38.8 Å². The second-order valence-electron chi connectivity index (χ2n) is 5.44. The Balaban J connectivity index is 2.27. The molecule has 0 radical (unpaired) electrons. The number of terminal acetylenes is 1. The summed E-state index contributed by atoms with van der Waals surface area (Å²) < 4.78 is 32.0. The molecule has 1 aromatic heterocycles. The average molecular weight is 428 g/mol. The van der Waals surface area contributed by atoms with Gasteiger partial charge in [-0.15, -0.1) is 12.2 Å². The van der Waals surface area contributed by atoms with E-state index >= 15 is 0 Å². The number of rotatable bonds is 8. The lowest BCUT2D eigenvalue weighted by Crippen LogP contribution is -2.10. The van der Waals surface area contributed by atoms with Crippen molar-refractivity contribution in [2.45, 2.75) is 6.92 Å². The van der Waals surface area contributed by atoms with Crippen LogP contribution in [0.5, 0.6) is 5.75 Å². The number of aromatic nitrogens is 1. The summed E-state index contributed by atoms with van der Waals surface area (Å²) in [7, 11) is -3.72. The Kier molecular flexibility index (Phi) is 7.70. The molecule has 1 heterocycles. The van der Waals surface area contributed by atoms with Gasteiger partial charge in [-0.05, 0) is 31.0 Å². The first-order chi connectivity index (χ1) is 13.9. The summed E-state index contributed by atoms with van der Waals surface area (Å²) in [4.78, 5) is 4.21. The Bertz CT molecular complexity index is 1140. The van der Waals surface area contributed by atoms with Crippen LogP contribution in [0.2, 0.25) is 0 Å². The normalized spacial score (nSPS) is 11.8. The largest absolute Gasteiger partial charge is 0.448 e. The third-order valence-corrected chi connectivity index (χ3v) is 4.64. The number of sulfonamides is 1. The summed E-state index contributed by atoms with van der Waals surface area (Å²) in [5.74, 6) is 3.49. The van der Waals surface area contributed by atoms with E-state index in [9.17, 15) is 8.42 Å². The first-order valence-electron chi connectivity index (χ1n) is 8.25. The average Bonchev–Trinajstić information content (AvgIpc) is 2.69. The molecule has 1 aromatic carbocycles. The van der Waals surface area contributed by atoms with Crippen LogP contribution in [0.15, 0.2) is 83.3 Å². The highest BCUT2D eigenvalue weighted by Gasteiger charge is 2.10. The summed E-state index contributed by atoms with van der Waals surface area (Å²) in [5.41, 5.74) is 3.06. The molecule has 0 atom stereocenters. The molecule has 2 rings (SSSR count). The van der Waals surface area contributed by atoms with E-state index in [-0.39, 0.29) is 5.76 Å². The standard InChI is InChI=1S/C21H18ClN3O3S/c1-4-13-29(26,27)25-20-10-8-7-9-19(20)24-21-15-18(11-12-23-21)28-17(6-3)14-16(22)5-2/h3,5,7-15,25H,1H2,2H3,(H,23,24). The van der Waals surface area contributed by atoms with E-state index < -0.39 is 10.0 Å². The molecule has 6 nitrogen and oxygen atoms in total. The van der Waals surface area contributed by atoms with E-state index in [1.807, 2.05) is 0 Å². The summed E-state index contributed by atoms with van der Waals surface area (Å²) in [6, 6.07) is 10.00. The smallest absolute Gasteiger partial charge is 0.262 e. The molecule has 0 saturated heterocycles. The van der Waals surface area contributed by atoms with Crippen LogP contribution in [-0.4, -0.2) is 13.4 Å². The maximum Gasteiger partial charge on any atom is 0.262 e. The number of allylic oxidation sites excluding steroid dienone is 4. The number of pyridine rings is 1. The van der Waals surface area contributed by atoms with Gasteiger partial charge in [-0.3, -0.25) is 4.72 Å². The number of halogens is 1. The number of nitrogens with one attached hydrogen (secondary N) is 2. The molecule has 0 bridgehead atoms. The Morgan fingerprint density at radius 2 is 2.03 bits per heavy atom. The van der Waals surface area contributed by atoms with Crippen molar-refractivity contribution in [2.75, 3.05) is 10.0 Å². The van der Waals surface area contributed by atoms with Crippen molar-refractivity contribution in [1.29, 1.82) is 0 Å². The number of hydrogen-bond donors (Lipinski definition) is 2. The molecule has 148 valence electrons. The highest BCUT2D eigenvalue weighted by atomic mass is 35.5. The van der Waals surface area contributed by atoms with Gasteiger partial charge in [-0.1, -0.05) is 36.4 Å². The molecule has 8 heteroatoms. The van der Waals surface area contributed by atoms with Crippen molar-refractivity contribution in [2.24, 2.45) is 0 Å². The molecule has 0 unspecified atom stereocenters. The van der Waals surface area contributed by atoms with Crippen LogP contribution < -0.4 is 14.8 Å². The van der Waals surface area contributed by atoms with Crippen molar-refractivity contribution in [3.63, 3.8) is 0 Å². The van der Waals surface area contributed by atoms with Crippen molar-refractivity contribution in [1.82, 2.24) is 4.98 Å². The zero-order chi connectivity index (χ0) is 21.3. The highest BCUT2D eigenvalue weighted by molar-refractivity contribution is 7.95. The van der Waals surface area contributed by atoms with Crippen LogP contribution in [0, 0.1) is 12.3 Å². The molecular weight excluding hydrogens is 410 g/mol. The summed E-state index contributed by atoms with van der Waals surface area (Å²) in [6.45, 7) is 5.05. The van der Waals surface area contributed by atoms with E-state index in [4.69, 9.17) is 22.8 Å². The lowest BCUT2D eigenvalue weighted by atomic mass is 10.2. The van der Waals surface area contributed by atoms with Crippen LogP contribution in [0.3, 0.4) is 0 Å². The highest BCUT2D eigenvalue weighted by Crippen LogP contribution is 2.27. The SMILES string of the molecule is C#CC(=CC(Cl)=CC)Oc1ccnc(Nc2ccccc2NS(=O)(=O)C=C=C)c1. The second-order valence-corrected chi connectivity index (χ2v) is 7.41. The number of benzene rings is 1. The van der Waals surface area contributed by atoms with Gasteiger partial charge in [-0.25, -0.2) is 13.4 Å². The third-order valence-electron chi connectivity index (χ3n) is 3.33. The molecule has 2 N–H and O–H groups in total. The van der Waals surface area contributed by atoms with Gasteiger partial charge in [0.2, 0.25) is 0 Å². The second kappa shape index (κ2) is 10.2. The third kappa shape index (κ3) is 6.91. The van der Waals surface area contributed by atoms with Crippen LogP contribution in [-0.2, 0) is 10.0 Å². The van der Waals surface area contributed by atoms with E-state index in [0.717, 1.165) is 5.41 Å². The molecule has 0 aliphatic carbocycles. The lowest BCUT2D eigenvalue weighted by molar-refractivity contribution is 0.449. The van der Waals surface area contributed by atoms with Gasteiger partial charge in [0.25, 0.3) is 10.0 Å². The van der Waals surface area contributed by atoms with Gasteiger partial charge in [0.05, 0.1) is 16.8 Å². The predicted molar refractivity (Wildman–Crippen MR) is 117 cm³/mol. The molecule has 0 aliphatic heterocycles. The van der Waals surface area contributed by atoms with Gasteiger partial charge in [0.15, 0.2) is 5.76 Å². The van der Waals surface area contributed by atoms with Gasteiger partial charge >= 0.3 is 0 Å². The van der Waals surface area contributed by atoms with E-state index in [2.05, 4.69) is 33.3 Å². The fourth-order valence-electron chi connectivity index (χ4n) is 2.09. The predicted octanol–water partition coefficient (Wildman–Crippen LogP) is 4.90. The molecular formula is C21H18ClN3O3S. The number of anilines is 3. The Labute approximate surface area is 175 Å². The van der Waals surface area contributed by atoms with E-state index in [1.165, 1.54) is 12.3 Å². The zero-order valence-corrected chi connectivity index (χ0v) is 17.1. The van der Waals surface area contributed by atoms with Crippen LogP contribution >= 0.6 is 11.6 Å².